The number of aromatic nitrogens is 1. The van der Waals surface area contributed by atoms with Crippen LogP contribution in [-0.2, 0) is 19.6 Å². The molecule has 1 aromatic heterocycles. The van der Waals surface area contributed by atoms with Gasteiger partial charge < -0.3 is 9.64 Å². The summed E-state index contributed by atoms with van der Waals surface area (Å²) >= 11 is 0. The van der Waals surface area contributed by atoms with E-state index in [2.05, 4.69) is 4.98 Å². The molecule has 3 aliphatic heterocycles. The second-order valence-electron chi connectivity index (χ2n) is 7.30. The third-order valence-corrected chi connectivity index (χ3v) is 7.26. The Morgan fingerprint density at radius 3 is 2.80 bits per heavy atom. The molecule has 3 aliphatic rings. The molecule has 25 heavy (non-hydrogen) atoms. The summed E-state index contributed by atoms with van der Waals surface area (Å²) in [7, 11) is -3.48. The Labute approximate surface area is 148 Å². The largest absolute Gasteiger partial charge is 0.372 e. The van der Waals surface area contributed by atoms with Crippen LogP contribution in [-0.4, -0.2) is 66.9 Å². The molecule has 1 atom stereocenters. The predicted octanol–water partition coefficient (Wildman–Crippen LogP) is 0.874. The fraction of sp³-hybridized carbons (Fsp3) is 0.647. The molecule has 3 saturated heterocycles. The molecule has 4 rings (SSSR count). The molecule has 136 valence electrons. The van der Waals surface area contributed by atoms with Crippen LogP contribution >= 0.6 is 0 Å². The summed E-state index contributed by atoms with van der Waals surface area (Å²) in [6, 6.07) is 3.20. The molecular formula is C17H23N3O4S. The van der Waals surface area contributed by atoms with E-state index in [1.165, 1.54) is 10.5 Å². The van der Waals surface area contributed by atoms with Crippen LogP contribution in [0.4, 0.5) is 0 Å². The summed E-state index contributed by atoms with van der Waals surface area (Å²) in [6.45, 7) is 3.04. The maximum absolute atomic E-state index is 12.6. The molecule has 1 spiro atoms. The Bertz CT molecular complexity index is 736. The van der Waals surface area contributed by atoms with E-state index in [1.807, 2.05) is 4.90 Å². The Kier molecular flexibility index (Phi) is 4.29. The van der Waals surface area contributed by atoms with E-state index in [1.54, 1.807) is 18.3 Å². The van der Waals surface area contributed by atoms with Crippen molar-refractivity contribution in [1.29, 1.82) is 0 Å². The number of likely N-dealkylation sites (tertiary alicyclic amines) is 1. The van der Waals surface area contributed by atoms with Crippen molar-refractivity contribution in [3.63, 3.8) is 0 Å². The van der Waals surface area contributed by atoms with Gasteiger partial charge in [-0.15, -0.1) is 0 Å². The zero-order chi connectivity index (χ0) is 17.5. The van der Waals surface area contributed by atoms with Gasteiger partial charge >= 0.3 is 0 Å². The standard InChI is InChI=1S/C17H23N3O4S/c21-16-4-2-8-19(16)10-14-5-6-17(24-11-14)12-20(13-17)25(22,23)15-3-1-7-18-9-15/h1,3,7,9,14H,2,4-6,8,10-13H2/t14-/m1/s1. The van der Waals surface area contributed by atoms with Gasteiger partial charge in [-0.05, 0) is 31.4 Å². The van der Waals surface area contributed by atoms with Crippen molar-refractivity contribution >= 4 is 15.9 Å². The Morgan fingerprint density at radius 2 is 2.20 bits per heavy atom. The molecular weight excluding hydrogens is 342 g/mol. The Hall–Kier alpha value is -1.51. The van der Waals surface area contributed by atoms with Crippen LogP contribution in [0.5, 0.6) is 0 Å². The first-order valence-corrected chi connectivity index (χ1v) is 10.2. The number of carbonyl (C=O) groups is 1. The topological polar surface area (TPSA) is 79.8 Å². The van der Waals surface area contributed by atoms with Gasteiger partial charge in [0.25, 0.3) is 0 Å². The van der Waals surface area contributed by atoms with Gasteiger partial charge in [0.1, 0.15) is 4.90 Å². The lowest BCUT2D eigenvalue weighted by Crippen LogP contribution is -2.66. The highest BCUT2D eigenvalue weighted by Gasteiger charge is 2.51. The minimum atomic E-state index is -3.48. The smallest absolute Gasteiger partial charge is 0.244 e. The summed E-state index contributed by atoms with van der Waals surface area (Å²) in [6.07, 6.45) is 6.39. The van der Waals surface area contributed by atoms with Crippen molar-refractivity contribution in [3.8, 4) is 0 Å². The lowest BCUT2D eigenvalue weighted by atomic mass is 9.84. The number of pyridine rings is 1. The quantitative estimate of drug-likeness (QED) is 0.791. The van der Waals surface area contributed by atoms with E-state index in [0.717, 1.165) is 32.4 Å². The van der Waals surface area contributed by atoms with Gasteiger partial charge in [0.15, 0.2) is 0 Å². The van der Waals surface area contributed by atoms with Crippen LogP contribution in [0.15, 0.2) is 29.4 Å². The minimum absolute atomic E-state index is 0.228. The lowest BCUT2D eigenvalue weighted by Gasteiger charge is -2.52. The second kappa shape index (κ2) is 6.34. The number of rotatable bonds is 4. The highest BCUT2D eigenvalue weighted by atomic mass is 32.2. The van der Waals surface area contributed by atoms with Crippen molar-refractivity contribution in [2.24, 2.45) is 5.92 Å². The molecule has 0 aliphatic carbocycles. The summed E-state index contributed by atoms with van der Waals surface area (Å²) < 4.78 is 32.6. The fourth-order valence-electron chi connectivity index (χ4n) is 3.93. The van der Waals surface area contributed by atoms with Crippen molar-refractivity contribution < 1.29 is 17.9 Å². The minimum Gasteiger partial charge on any atom is -0.372 e. The maximum atomic E-state index is 12.6. The number of carbonyl (C=O) groups excluding carboxylic acids is 1. The third kappa shape index (κ3) is 3.18. The molecule has 0 N–H and O–H groups in total. The third-order valence-electron chi connectivity index (χ3n) is 5.48. The second-order valence-corrected chi connectivity index (χ2v) is 9.24. The first-order valence-electron chi connectivity index (χ1n) is 8.80. The zero-order valence-corrected chi connectivity index (χ0v) is 15.0. The van der Waals surface area contributed by atoms with Crippen molar-refractivity contribution in [3.05, 3.63) is 24.5 Å². The Balaban J connectivity index is 1.31. The van der Waals surface area contributed by atoms with E-state index in [9.17, 15) is 13.2 Å². The highest BCUT2D eigenvalue weighted by molar-refractivity contribution is 7.89. The van der Waals surface area contributed by atoms with Crippen LogP contribution in [0.25, 0.3) is 0 Å². The first-order chi connectivity index (χ1) is 12.0. The molecule has 0 unspecified atom stereocenters. The maximum Gasteiger partial charge on any atom is 0.244 e. The van der Waals surface area contributed by atoms with Crippen LogP contribution in [0, 0.1) is 5.92 Å². The molecule has 0 saturated carbocycles. The van der Waals surface area contributed by atoms with Gasteiger partial charge in [-0.3, -0.25) is 9.78 Å². The van der Waals surface area contributed by atoms with Gasteiger partial charge in [0.2, 0.25) is 15.9 Å². The molecule has 1 aromatic rings. The number of hydrogen-bond acceptors (Lipinski definition) is 5. The molecule has 0 bridgehead atoms. The predicted molar refractivity (Wildman–Crippen MR) is 90.2 cm³/mol. The van der Waals surface area contributed by atoms with Crippen molar-refractivity contribution in [1.82, 2.24) is 14.2 Å². The molecule has 7 nitrogen and oxygen atoms in total. The molecule has 3 fully saturated rings. The van der Waals surface area contributed by atoms with E-state index in [0.29, 0.717) is 32.0 Å². The van der Waals surface area contributed by atoms with E-state index in [4.69, 9.17) is 4.74 Å². The summed E-state index contributed by atoms with van der Waals surface area (Å²) in [5.41, 5.74) is -0.346. The van der Waals surface area contributed by atoms with Crippen LogP contribution in [0.3, 0.4) is 0 Å². The zero-order valence-electron chi connectivity index (χ0n) is 14.1. The normalized spacial score (nSPS) is 26.8. The lowest BCUT2D eigenvalue weighted by molar-refractivity contribution is -0.160. The summed E-state index contributed by atoms with van der Waals surface area (Å²) in [4.78, 5) is 17.8. The van der Waals surface area contributed by atoms with E-state index in [-0.39, 0.29) is 16.4 Å². The van der Waals surface area contributed by atoms with Gasteiger partial charge in [-0.25, -0.2) is 8.42 Å². The highest BCUT2D eigenvalue weighted by Crippen LogP contribution is 2.39. The van der Waals surface area contributed by atoms with Gasteiger partial charge in [0, 0.05) is 50.9 Å². The number of nitrogens with zero attached hydrogens (tertiary/aromatic N) is 3. The van der Waals surface area contributed by atoms with Crippen molar-refractivity contribution in [2.45, 2.75) is 36.2 Å². The van der Waals surface area contributed by atoms with Crippen LogP contribution < -0.4 is 0 Å². The Morgan fingerprint density at radius 1 is 1.36 bits per heavy atom. The summed E-state index contributed by atoms with van der Waals surface area (Å²) in [5, 5.41) is 0. The molecule has 0 aromatic carbocycles. The number of hydrogen-bond donors (Lipinski definition) is 0. The van der Waals surface area contributed by atoms with E-state index < -0.39 is 10.0 Å². The molecule has 4 heterocycles. The fourth-order valence-corrected chi connectivity index (χ4v) is 5.49. The van der Waals surface area contributed by atoms with Gasteiger partial charge in [0.05, 0.1) is 12.2 Å². The average Bonchev–Trinajstić information content (AvgIpc) is 2.99. The number of ether oxygens (including phenoxy) is 1. The van der Waals surface area contributed by atoms with Gasteiger partial charge in [-0.2, -0.15) is 4.31 Å². The first kappa shape index (κ1) is 16.9. The van der Waals surface area contributed by atoms with Crippen LogP contribution in [0.1, 0.15) is 25.7 Å². The number of sulfonamides is 1. The van der Waals surface area contributed by atoms with E-state index >= 15 is 0 Å². The SMILES string of the molecule is O=C1CCCN1C[C@H]1CCC2(CN(S(=O)(=O)c3cccnc3)C2)OC1. The van der Waals surface area contributed by atoms with Gasteiger partial charge in [-0.1, -0.05) is 0 Å². The number of amides is 1. The monoisotopic (exact) mass is 365 g/mol. The molecule has 8 heteroatoms. The van der Waals surface area contributed by atoms with Crippen LogP contribution in [0.2, 0.25) is 0 Å². The van der Waals surface area contributed by atoms with Crippen molar-refractivity contribution in [2.75, 3.05) is 32.8 Å². The molecule has 0 radical (unpaired) electrons. The summed E-state index contributed by atoms with van der Waals surface area (Å²) in [5.74, 6) is 0.606. The molecule has 1 amide bonds. The average molecular weight is 365 g/mol.